The number of unbranched alkanes of at least 4 members (excludes halogenated alkanes) is 22. The molecular weight excluding hydrogens is 544 g/mol. The molecule has 4 heteroatoms. The van der Waals surface area contributed by atoms with E-state index in [0.29, 0.717) is 26.1 Å². The smallest absolute Gasteiger partial charge is 0.305 e. The molecule has 0 unspecified atom stereocenters. The summed E-state index contributed by atoms with van der Waals surface area (Å²) in [5.41, 5.74) is 0. The van der Waals surface area contributed by atoms with Gasteiger partial charge < -0.3 is 9.47 Å². The Kier molecular flexibility index (Phi) is 35.5. The largest absolute Gasteiger partial charge is 0.466 e. The Morgan fingerprint density at radius 2 is 0.636 bits per heavy atom. The molecule has 262 valence electrons. The van der Waals surface area contributed by atoms with E-state index in [1.54, 1.807) is 0 Å². The van der Waals surface area contributed by atoms with Crippen LogP contribution in [-0.4, -0.2) is 25.2 Å². The zero-order valence-corrected chi connectivity index (χ0v) is 30.3. The Bertz CT molecular complexity index is 578. The van der Waals surface area contributed by atoms with E-state index in [4.69, 9.17) is 9.47 Å². The highest BCUT2D eigenvalue weighted by molar-refractivity contribution is 5.69. The zero-order valence-electron chi connectivity index (χ0n) is 30.3. The van der Waals surface area contributed by atoms with Crippen molar-refractivity contribution in [3.8, 4) is 0 Å². The van der Waals surface area contributed by atoms with Crippen molar-refractivity contribution in [3.05, 3.63) is 0 Å². The zero-order chi connectivity index (χ0) is 32.2. The van der Waals surface area contributed by atoms with Gasteiger partial charge >= 0.3 is 11.9 Å². The first kappa shape index (κ1) is 42.9. The van der Waals surface area contributed by atoms with Gasteiger partial charge in [-0.15, -0.1) is 0 Å². The van der Waals surface area contributed by atoms with Gasteiger partial charge in [-0.3, -0.25) is 9.59 Å². The van der Waals surface area contributed by atoms with Crippen LogP contribution in [0, 0.1) is 5.92 Å². The van der Waals surface area contributed by atoms with Crippen LogP contribution in [0.4, 0.5) is 0 Å². The average Bonchev–Trinajstić information content (AvgIpc) is 3.02. The van der Waals surface area contributed by atoms with Gasteiger partial charge in [-0.05, 0) is 31.6 Å². The normalized spacial score (nSPS) is 11.4. The van der Waals surface area contributed by atoms with Crippen LogP contribution in [0.3, 0.4) is 0 Å². The van der Waals surface area contributed by atoms with Crippen LogP contribution < -0.4 is 0 Å². The summed E-state index contributed by atoms with van der Waals surface area (Å²) in [6, 6.07) is 0. The lowest BCUT2D eigenvalue weighted by Gasteiger charge is -2.17. The Hall–Kier alpha value is -1.06. The fourth-order valence-corrected chi connectivity index (χ4v) is 6.22. The summed E-state index contributed by atoms with van der Waals surface area (Å²) in [5.74, 6) is 0.904. The highest BCUT2D eigenvalue weighted by Gasteiger charge is 2.09. The van der Waals surface area contributed by atoms with E-state index >= 15 is 0 Å². The maximum Gasteiger partial charge on any atom is 0.305 e. The van der Waals surface area contributed by atoms with Crippen molar-refractivity contribution in [2.45, 2.75) is 226 Å². The van der Waals surface area contributed by atoms with E-state index in [0.717, 1.165) is 38.0 Å². The Labute approximate surface area is 276 Å². The summed E-state index contributed by atoms with van der Waals surface area (Å²) in [6.07, 6.45) is 39.1. The van der Waals surface area contributed by atoms with E-state index in [1.807, 2.05) is 0 Å². The van der Waals surface area contributed by atoms with Crippen LogP contribution in [0.1, 0.15) is 226 Å². The second-order valence-electron chi connectivity index (χ2n) is 13.7. The third-order valence-electron chi connectivity index (χ3n) is 9.22. The second kappa shape index (κ2) is 36.4. The van der Waals surface area contributed by atoms with Gasteiger partial charge in [-0.1, -0.05) is 188 Å². The van der Waals surface area contributed by atoms with Gasteiger partial charge in [0.2, 0.25) is 0 Å². The van der Waals surface area contributed by atoms with Crippen molar-refractivity contribution in [3.63, 3.8) is 0 Å². The molecule has 0 aromatic heterocycles. The summed E-state index contributed by atoms with van der Waals surface area (Å²) in [7, 11) is 0. The van der Waals surface area contributed by atoms with E-state index < -0.39 is 0 Å². The number of carbonyl (C=O) groups is 2. The molecule has 44 heavy (non-hydrogen) atoms. The SMILES string of the molecule is CCCCCCCC(=O)OCCCCCCCCCCCCCOC(=O)CCCCCC(CCCCCC)CCCCCC. The molecule has 0 fully saturated rings. The van der Waals surface area contributed by atoms with Gasteiger partial charge in [0.1, 0.15) is 0 Å². The van der Waals surface area contributed by atoms with E-state index in [-0.39, 0.29) is 11.9 Å². The number of rotatable bonds is 36. The lowest BCUT2D eigenvalue weighted by molar-refractivity contribution is -0.144. The van der Waals surface area contributed by atoms with Crippen LogP contribution in [0.5, 0.6) is 0 Å². The summed E-state index contributed by atoms with van der Waals surface area (Å²) in [6.45, 7) is 8.00. The average molecular weight is 623 g/mol. The van der Waals surface area contributed by atoms with Crippen LogP contribution in [0.2, 0.25) is 0 Å². The highest BCUT2D eigenvalue weighted by Crippen LogP contribution is 2.24. The predicted molar refractivity (Wildman–Crippen MR) is 190 cm³/mol. The molecule has 0 aliphatic heterocycles. The third-order valence-corrected chi connectivity index (χ3v) is 9.22. The molecule has 4 nitrogen and oxygen atoms in total. The van der Waals surface area contributed by atoms with Crippen molar-refractivity contribution >= 4 is 11.9 Å². The van der Waals surface area contributed by atoms with Crippen molar-refractivity contribution in [1.29, 1.82) is 0 Å². The summed E-state index contributed by atoms with van der Waals surface area (Å²) in [4.78, 5) is 23.8. The number of hydrogen-bond acceptors (Lipinski definition) is 4. The number of hydrogen-bond donors (Lipinski definition) is 0. The van der Waals surface area contributed by atoms with Crippen molar-refractivity contribution < 1.29 is 19.1 Å². The lowest BCUT2D eigenvalue weighted by atomic mass is 9.89. The molecule has 0 radical (unpaired) electrons. The first-order valence-corrected chi connectivity index (χ1v) is 19.9. The minimum absolute atomic E-state index is 0.00902. The molecule has 0 rings (SSSR count). The molecule has 0 spiro atoms. The lowest BCUT2D eigenvalue weighted by Crippen LogP contribution is -2.06. The van der Waals surface area contributed by atoms with Gasteiger partial charge in [0, 0.05) is 12.8 Å². The Morgan fingerprint density at radius 3 is 1.00 bits per heavy atom. The van der Waals surface area contributed by atoms with E-state index in [2.05, 4.69) is 20.8 Å². The quantitative estimate of drug-likeness (QED) is 0.0515. The molecule has 0 aliphatic carbocycles. The van der Waals surface area contributed by atoms with Crippen molar-refractivity contribution in [1.82, 2.24) is 0 Å². The Balaban J connectivity index is 3.47. The fourth-order valence-electron chi connectivity index (χ4n) is 6.22. The summed E-state index contributed by atoms with van der Waals surface area (Å²) in [5, 5.41) is 0. The van der Waals surface area contributed by atoms with Gasteiger partial charge in [0.05, 0.1) is 13.2 Å². The molecule has 0 saturated heterocycles. The Morgan fingerprint density at radius 1 is 0.364 bits per heavy atom. The number of carbonyl (C=O) groups excluding carboxylic acids is 2. The third kappa shape index (κ3) is 33.8. The van der Waals surface area contributed by atoms with Crippen LogP contribution >= 0.6 is 0 Å². The minimum atomic E-state index is -0.00902. The molecule has 0 aromatic carbocycles. The fraction of sp³-hybridized carbons (Fsp3) is 0.950. The molecular formula is C40H78O4. The van der Waals surface area contributed by atoms with Gasteiger partial charge in [0.15, 0.2) is 0 Å². The van der Waals surface area contributed by atoms with Gasteiger partial charge in [0.25, 0.3) is 0 Å². The van der Waals surface area contributed by atoms with Crippen LogP contribution in [-0.2, 0) is 19.1 Å². The predicted octanol–water partition coefficient (Wildman–Crippen LogP) is 13.2. The highest BCUT2D eigenvalue weighted by atomic mass is 16.5. The second-order valence-corrected chi connectivity index (χ2v) is 13.7. The standard InChI is InChI=1S/C40H78O4/c1-4-7-10-20-27-34-39(41)43-36-29-21-18-16-14-13-15-17-19-22-30-37-44-40(42)35-28-23-26-33-38(31-24-11-8-5-2)32-25-12-9-6-3/h38H,4-37H2,1-3H3. The summed E-state index contributed by atoms with van der Waals surface area (Å²) < 4.78 is 10.9. The first-order valence-electron chi connectivity index (χ1n) is 19.9. The van der Waals surface area contributed by atoms with Crippen molar-refractivity contribution in [2.75, 3.05) is 13.2 Å². The molecule has 0 saturated carbocycles. The van der Waals surface area contributed by atoms with Gasteiger partial charge in [-0.25, -0.2) is 0 Å². The summed E-state index contributed by atoms with van der Waals surface area (Å²) >= 11 is 0. The topological polar surface area (TPSA) is 52.6 Å². The van der Waals surface area contributed by atoms with Crippen LogP contribution in [0.15, 0.2) is 0 Å². The maximum atomic E-state index is 12.1. The van der Waals surface area contributed by atoms with E-state index in [9.17, 15) is 9.59 Å². The van der Waals surface area contributed by atoms with Crippen molar-refractivity contribution in [2.24, 2.45) is 5.92 Å². The molecule has 0 amide bonds. The molecule has 0 aliphatic rings. The molecule has 0 aromatic rings. The minimum Gasteiger partial charge on any atom is -0.466 e. The molecule has 0 atom stereocenters. The molecule has 0 heterocycles. The number of ether oxygens (including phenoxy) is 2. The molecule has 0 bridgehead atoms. The monoisotopic (exact) mass is 623 g/mol. The first-order chi connectivity index (χ1) is 21.6. The maximum absolute atomic E-state index is 12.1. The van der Waals surface area contributed by atoms with E-state index in [1.165, 1.54) is 161 Å². The van der Waals surface area contributed by atoms with Gasteiger partial charge in [-0.2, -0.15) is 0 Å². The number of esters is 2. The van der Waals surface area contributed by atoms with Crippen LogP contribution in [0.25, 0.3) is 0 Å². The molecule has 0 N–H and O–H groups in total.